The van der Waals surface area contributed by atoms with Crippen molar-refractivity contribution in [2.75, 3.05) is 6.61 Å². The summed E-state index contributed by atoms with van der Waals surface area (Å²) in [6.45, 7) is 24.7. The number of carbonyl (C=O) groups excluding carboxylic acids is 1. The lowest BCUT2D eigenvalue weighted by molar-refractivity contribution is -0.126. The summed E-state index contributed by atoms with van der Waals surface area (Å²) < 4.78 is 7.88. The van der Waals surface area contributed by atoms with Crippen molar-refractivity contribution in [2.45, 2.75) is 102 Å². The van der Waals surface area contributed by atoms with E-state index in [9.17, 15) is 4.79 Å². The first-order chi connectivity index (χ1) is 15.9. The maximum Gasteiger partial charge on any atom is 0.135 e. The standard InChI is InChI=1S/C25H37N3O2.2C2H6/c1-9-23(18(2)3)20-10-12-22(13-11-20)28-17-21(26-27-28)16-25(7,8)30-15-14-24(5,6)19(4)29;2*1-2/h9-13,17-18H,14-16H2,1-8H3;2*1-2H3/b23-9-;;. The molecule has 2 rings (SSSR count). The Balaban J connectivity index is 0.00000258. The molecule has 0 saturated carbocycles. The molecule has 5 heteroatoms. The van der Waals surface area contributed by atoms with Gasteiger partial charge < -0.3 is 4.74 Å². The molecule has 0 unspecified atom stereocenters. The molecule has 0 aliphatic rings. The molecule has 2 aromatic rings. The van der Waals surface area contributed by atoms with Crippen LogP contribution in [0.15, 0.2) is 36.5 Å². The quantitative estimate of drug-likeness (QED) is 0.356. The van der Waals surface area contributed by atoms with Crippen LogP contribution in [-0.4, -0.2) is 33.0 Å². The molecule has 0 aliphatic heterocycles. The predicted molar refractivity (Wildman–Crippen MR) is 145 cm³/mol. The third-order valence-corrected chi connectivity index (χ3v) is 5.72. The third kappa shape index (κ3) is 9.92. The number of aromatic nitrogens is 3. The summed E-state index contributed by atoms with van der Waals surface area (Å²) in [7, 11) is 0. The Morgan fingerprint density at radius 2 is 1.62 bits per heavy atom. The number of allylic oxidation sites excluding steroid dienone is 2. The zero-order valence-electron chi connectivity index (χ0n) is 23.8. The maximum absolute atomic E-state index is 11.7. The minimum atomic E-state index is -0.379. The van der Waals surface area contributed by atoms with Crippen LogP contribution in [0.4, 0.5) is 0 Å². The molecule has 0 atom stereocenters. The van der Waals surface area contributed by atoms with Crippen LogP contribution in [0, 0.1) is 11.3 Å². The zero-order chi connectivity index (χ0) is 26.5. The number of ether oxygens (including phenoxy) is 1. The Morgan fingerprint density at radius 1 is 1.06 bits per heavy atom. The number of hydrogen-bond acceptors (Lipinski definition) is 4. The van der Waals surface area contributed by atoms with E-state index in [0.717, 1.165) is 11.4 Å². The number of hydrogen-bond donors (Lipinski definition) is 0. The van der Waals surface area contributed by atoms with Crippen molar-refractivity contribution in [1.29, 1.82) is 0 Å². The van der Waals surface area contributed by atoms with Crippen molar-refractivity contribution in [3.63, 3.8) is 0 Å². The van der Waals surface area contributed by atoms with Crippen LogP contribution >= 0.6 is 0 Å². The molecule has 0 N–H and O–H groups in total. The highest BCUT2D eigenvalue weighted by Crippen LogP contribution is 2.25. The molecular formula is C29H49N3O2. The predicted octanol–water partition coefficient (Wildman–Crippen LogP) is 7.72. The fourth-order valence-electron chi connectivity index (χ4n) is 3.39. The molecular weight excluding hydrogens is 422 g/mol. The van der Waals surface area contributed by atoms with Gasteiger partial charge in [0.25, 0.3) is 0 Å². The van der Waals surface area contributed by atoms with E-state index in [1.165, 1.54) is 11.1 Å². The number of rotatable bonds is 10. The van der Waals surface area contributed by atoms with E-state index in [4.69, 9.17) is 4.74 Å². The van der Waals surface area contributed by atoms with E-state index in [1.807, 2.05) is 61.6 Å². The van der Waals surface area contributed by atoms with Crippen molar-refractivity contribution >= 4 is 11.4 Å². The summed E-state index contributed by atoms with van der Waals surface area (Å²) in [6, 6.07) is 8.42. The maximum atomic E-state index is 11.7. The molecule has 0 spiro atoms. The number of ketones is 1. The second-order valence-corrected chi connectivity index (χ2v) is 9.58. The molecule has 34 heavy (non-hydrogen) atoms. The van der Waals surface area contributed by atoms with Gasteiger partial charge in [-0.15, -0.1) is 5.10 Å². The van der Waals surface area contributed by atoms with Crippen LogP contribution in [0.3, 0.4) is 0 Å². The Labute approximate surface area is 209 Å². The lowest BCUT2D eigenvalue weighted by atomic mass is 9.86. The summed E-state index contributed by atoms with van der Waals surface area (Å²) in [4.78, 5) is 11.7. The van der Waals surface area contributed by atoms with Crippen LogP contribution in [0.25, 0.3) is 11.3 Å². The van der Waals surface area contributed by atoms with Crippen LogP contribution in [0.1, 0.15) is 101 Å². The van der Waals surface area contributed by atoms with Gasteiger partial charge in [0.05, 0.1) is 23.2 Å². The Morgan fingerprint density at radius 3 is 2.09 bits per heavy atom. The topological polar surface area (TPSA) is 57.0 Å². The van der Waals surface area contributed by atoms with E-state index < -0.39 is 0 Å². The monoisotopic (exact) mass is 471 g/mol. The third-order valence-electron chi connectivity index (χ3n) is 5.72. The first-order valence-electron chi connectivity index (χ1n) is 12.8. The van der Waals surface area contributed by atoms with Crippen molar-refractivity contribution in [3.8, 4) is 5.69 Å². The molecule has 5 nitrogen and oxygen atoms in total. The average molecular weight is 472 g/mol. The zero-order valence-corrected chi connectivity index (χ0v) is 23.8. The Kier molecular flexibility index (Phi) is 13.9. The normalized spacial score (nSPS) is 12.0. The number of carbonyl (C=O) groups is 1. The van der Waals surface area contributed by atoms with Gasteiger partial charge in [-0.2, -0.15) is 0 Å². The fourth-order valence-corrected chi connectivity index (χ4v) is 3.39. The molecule has 0 aliphatic carbocycles. The minimum Gasteiger partial charge on any atom is -0.375 e. The second-order valence-electron chi connectivity index (χ2n) is 9.58. The van der Waals surface area contributed by atoms with Gasteiger partial charge in [0, 0.05) is 18.4 Å². The summed E-state index contributed by atoms with van der Waals surface area (Å²) in [5.41, 5.74) is 3.71. The van der Waals surface area contributed by atoms with Gasteiger partial charge in [0.1, 0.15) is 5.78 Å². The lowest BCUT2D eigenvalue weighted by Gasteiger charge is -2.27. The molecule has 0 radical (unpaired) electrons. The molecule has 0 amide bonds. The second kappa shape index (κ2) is 14.9. The fraction of sp³-hybridized carbons (Fsp3) is 0.621. The Hall–Kier alpha value is -2.27. The van der Waals surface area contributed by atoms with Crippen LogP contribution in [0.5, 0.6) is 0 Å². The van der Waals surface area contributed by atoms with E-state index >= 15 is 0 Å². The first-order valence-corrected chi connectivity index (χ1v) is 12.8. The smallest absolute Gasteiger partial charge is 0.135 e. The summed E-state index contributed by atoms with van der Waals surface area (Å²) in [5.74, 6) is 0.676. The number of Topliss-reactive ketones (excluding diaryl/α,β-unsaturated/α-hetero) is 1. The summed E-state index contributed by atoms with van der Waals surface area (Å²) in [5, 5.41) is 8.63. The highest BCUT2D eigenvalue weighted by atomic mass is 16.5. The molecule has 0 fully saturated rings. The molecule has 1 heterocycles. The van der Waals surface area contributed by atoms with Crippen molar-refractivity contribution in [1.82, 2.24) is 15.0 Å². The van der Waals surface area contributed by atoms with Crippen LogP contribution < -0.4 is 0 Å². The molecule has 192 valence electrons. The largest absolute Gasteiger partial charge is 0.375 e. The molecule has 0 saturated heterocycles. The minimum absolute atomic E-state index is 0.188. The van der Waals surface area contributed by atoms with Crippen molar-refractivity contribution in [3.05, 3.63) is 47.8 Å². The summed E-state index contributed by atoms with van der Waals surface area (Å²) >= 11 is 0. The van der Waals surface area contributed by atoms with E-state index in [-0.39, 0.29) is 16.8 Å². The van der Waals surface area contributed by atoms with Crippen molar-refractivity contribution < 1.29 is 9.53 Å². The molecule has 1 aromatic carbocycles. The summed E-state index contributed by atoms with van der Waals surface area (Å²) in [6.07, 6.45) is 5.49. The van der Waals surface area contributed by atoms with Crippen LogP contribution in [0.2, 0.25) is 0 Å². The average Bonchev–Trinajstić information content (AvgIpc) is 3.24. The van der Waals surface area contributed by atoms with E-state index in [1.54, 1.807) is 11.6 Å². The van der Waals surface area contributed by atoms with E-state index in [2.05, 4.69) is 61.4 Å². The van der Waals surface area contributed by atoms with Crippen LogP contribution in [-0.2, 0) is 16.0 Å². The first kappa shape index (κ1) is 31.7. The number of benzene rings is 1. The van der Waals surface area contributed by atoms with Gasteiger partial charge in [0.15, 0.2) is 0 Å². The Bertz CT molecular complexity index is 875. The van der Waals surface area contributed by atoms with Gasteiger partial charge in [-0.05, 0) is 63.3 Å². The van der Waals surface area contributed by atoms with Gasteiger partial charge >= 0.3 is 0 Å². The van der Waals surface area contributed by atoms with Gasteiger partial charge in [-0.1, -0.05) is 78.8 Å². The SMILES string of the molecule is C/C=C(\c1ccc(-n2cc(CC(C)(C)OCCC(C)(C)C(C)=O)nn2)cc1)C(C)C.CC.CC. The molecule has 1 aromatic heterocycles. The number of nitrogens with zero attached hydrogens (tertiary/aromatic N) is 3. The highest BCUT2D eigenvalue weighted by Gasteiger charge is 2.26. The lowest BCUT2D eigenvalue weighted by Crippen LogP contribution is -2.31. The van der Waals surface area contributed by atoms with Gasteiger partial charge in [-0.25, -0.2) is 4.68 Å². The van der Waals surface area contributed by atoms with E-state index in [0.29, 0.717) is 25.4 Å². The molecule has 0 bridgehead atoms. The van der Waals surface area contributed by atoms with Gasteiger partial charge in [-0.3, -0.25) is 4.79 Å². The van der Waals surface area contributed by atoms with Gasteiger partial charge in [0.2, 0.25) is 0 Å². The van der Waals surface area contributed by atoms with Crippen molar-refractivity contribution in [2.24, 2.45) is 11.3 Å². The highest BCUT2D eigenvalue weighted by molar-refractivity contribution is 5.81.